The van der Waals surface area contributed by atoms with Crippen molar-refractivity contribution < 1.29 is 26.7 Å². The largest absolute Gasteiger partial charge is 0.573 e. The van der Waals surface area contributed by atoms with Crippen molar-refractivity contribution in [2.75, 3.05) is 0 Å². The first-order chi connectivity index (χ1) is 6.31. The van der Waals surface area contributed by atoms with E-state index in [1.54, 1.807) is 0 Å². The first-order valence-corrected chi connectivity index (χ1v) is 3.37. The summed E-state index contributed by atoms with van der Waals surface area (Å²) in [6.07, 6.45) is -4.31. The Morgan fingerprint density at radius 1 is 1.29 bits per heavy atom. The number of pyridine rings is 1. The molecular weight excluding hydrogens is 209 g/mol. The molecule has 0 spiro atoms. The lowest BCUT2D eigenvalue weighted by Crippen LogP contribution is -2.19. The van der Waals surface area contributed by atoms with Crippen LogP contribution in [0.4, 0.5) is 22.0 Å². The van der Waals surface area contributed by atoms with Crippen LogP contribution in [0.2, 0.25) is 0 Å². The maximum Gasteiger partial charge on any atom is 0.573 e. The number of hydrogen-bond acceptors (Lipinski definition) is 2. The summed E-state index contributed by atoms with van der Waals surface area (Å²) in [5.41, 5.74) is -0.235. The smallest absolute Gasteiger partial charge is 0.402 e. The summed E-state index contributed by atoms with van der Waals surface area (Å²) >= 11 is 0. The highest BCUT2D eigenvalue weighted by molar-refractivity contribution is 5.31. The standard InChI is InChI=1S/C7H4F5NO/c1-3-2-13-6(9)4(8)5(3)14-7(10,11)12/h2H,1H3. The van der Waals surface area contributed by atoms with Crippen molar-refractivity contribution in [1.29, 1.82) is 0 Å². The van der Waals surface area contributed by atoms with Crippen molar-refractivity contribution in [3.8, 4) is 5.75 Å². The Labute approximate surface area is 75.3 Å². The summed E-state index contributed by atoms with van der Waals surface area (Å²) in [6.45, 7) is 1.12. The lowest BCUT2D eigenvalue weighted by Gasteiger charge is -2.11. The first kappa shape index (κ1) is 10.7. The minimum atomic E-state index is -5.06. The predicted octanol–water partition coefficient (Wildman–Crippen LogP) is 2.57. The molecule has 14 heavy (non-hydrogen) atoms. The third kappa shape index (κ3) is 2.30. The lowest BCUT2D eigenvalue weighted by atomic mass is 10.3. The van der Waals surface area contributed by atoms with Gasteiger partial charge in [-0.05, 0) is 6.92 Å². The van der Waals surface area contributed by atoms with E-state index in [2.05, 4.69) is 9.72 Å². The maximum absolute atomic E-state index is 12.7. The zero-order valence-electron chi connectivity index (χ0n) is 6.82. The molecule has 1 aromatic rings. The van der Waals surface area contributed by atoms with Gasteiger partial charge in [-0.2, -0.15) is 8.78 Å². The molecule has 78 valence electrons. The summed E-state index contributed by atoms with van der Waals surface area (Å²) < 4.78 is 63.5. The van der Waals surface area contributed by atoms with Crippen molar-refractivity contribution in [2.45, 2.75) is 13.3 Å². The molecule has 2 nitrogen and oxygen atoms in total. The number of halogens is 5. The SMILES string of the molecule is Cc1cnc(F)c(F)c1OC(F)(F)F. The van der Waals surface area contributed by atoms with Gasteiger partial charge in [0, 0.05) is 11.8 Å². The van der Waals surface area contributed by atoms with Crippen LogP contribution >= 0.6 is 0 Å². The number of aryl methyl sites for hydroxylation is 1. The molecule has 0 bridgehead atoms. The molecule has 0 aliphatic heterocycles. The third-order valence-electron chi connectivity index (χ3n) is 1.33. The van der Waals surface area contributed by atoms with Crippen LogP contribution in [0.1, 0.15) is 5.56 Å². The van der Waals surface area contributed by atoms with E-state index in [1.165, 1.54) is 0 Å². The number of nitrogens with zero attached hydrogens (tertiary/aromatic N) is 1. The van der Waals surface area contributed by atoms with Crippen LogP contribution in [0.3, 0.4) is 0 Å². The van der Waals surface area contributed by atoms with Crippen LogP contribution in [0, 0.1) is 18.7 Å². The monoisotopic (exact) mass is 213 g/mol. The minimum absolute atomic E-state index is 0.235. The van der Waals surface area contributed by atoms with Gasteiger partial charge in [0.25, 0.3) is 5.95 Å². The second-order valence-electron chi connectivity index (χ2n) is 2.42. The summed E-state index contributed by atoms with van der Waals surface area (Å²) in [7, 11) is 0. The number of rotatable bonds is 1. The van der Waals surface area contributed by atoms with E-state index in [9.17, 15) is 22.0 Å². The summed E-state index contributed by atoms with van der Waals surface area (Å²) in [5.74, 6) is -4.57. The Morgan fingerprint density at radius 2 is 1.86 bits per heavy atom. The zero-order valence-corrected chi connectivity index (χ0v) is 6.82. The number of alkyl halides is 3. The first-order valence-electron chi connectivity index (χ1n) is 3.37. The molecule has 0 aromatic carbocycles. The Morgan fingerprint density at radius 3 is 2.36 bits per heavy atom. The average Bonchev–Trinajstić information content (AvgIpc) is 2.04. The molecule has 7 heteroatoms. The van der Waals surface area contributed by atoms with E-state index in [1.807, 2.05) is 0 Å². The zero-order chi connectivity index (χ0) is 10.9. The second kappa shape index (κ2) is 3.39. The molecule has 0 N–H and O–H groups in total. The van der Waals surface area contributed by atoms with Crippen LogP contribution in [0.5, 0.6) is 5.75 Å². The molecular formula is C7H4F5NO. The Bertz CT molecular complexity index is 349. The molecule has 1 heterocycles. The third-order valence-corrected chi connectivity index (χ3v) is 1.33. The van der Waals surface area contributed by atoms with Gasteiger partial charge in [-0.25, -0.2) is 4.98 Å². The molecule has 1 rings (SSSR count). The molecule has 1 aromatic heterocycles. The molecule has 0 aliphatic rings. The quantitative estimate of drug-likeness (QED) is 0.528. The molecule has 0 fully saturated rings. The van der Waals surface area contributed by atoms with E-state index in [0.717, 1.165) is 13.1 Å². The Hall–Kier alpha value is -1.40. The van der Waals surface area contributed by atoms with Crippen LogP contribution in [-0.2, 0) is 0 Å². The van der Waals surface area contributed by atoms with E-state index in [0.29, 0.717) is 0 Å². The molecule has 0 unspecified atom stereocenters. The molecule has 0 saturated heterocycles. The molecule has 0 radical (unpaired) electrons. The fraction of sp³-hybridized carbons (Fsp3) is 0.286. The van der Waals surface area contributed by atoms with Crippen LogP contribution in [0.15, 0.2) is 6.20 Å². The second-order valence-corrected chi connectivity index (χ2v) is 2.42. The van der Waals surface area contributed by atoms with E-state index in [-0.39, 0.29) is 5.56 Å². The highest BCUT2D eigenvalue weighted by Crippen LogP contribution is 2.28. The van der Waals surface area contributed by atoms with Gasteiger partial charge >= 0.3 is 6.36 Å². The van der Waals surface area contributed by atoms with Gasteiger partial charge in [0.2, 0.25) is 5.82 Å². The highest BCUT2D eigenvalue weighted by atomic mass is 19.4. The van der Waals surface area contributed by atoms with Crippen molar-refractivity contribution in [2.24, 2.45) is 0 Å². The average molecular weight is 213 g/mol. The van der Waals surface area contributed by atoms with Crippen molar-refractivity contribution in [3.05, 3.63) is 23.5 Å². The number of ether oxygens (including phenoxy) is 1. The van der Waals surface area contributed by atoms with Gasteiger partial charge in [-0.15, -0.1) is 13.2 Å². The summed E-state index contributed by atoms with van der Waals surface area (Å²) in [5, 5.41) is 0. The van der Waals surface area contributed by atoms with Gasteiger partial charge in [0.15, 0.2) is 5.75 Å². The minimum Gasteiger partial charge on any atom is -0.402 e. The fourth-order valence-electron chi connectivity index (χ4n) is 0.777. The van der Waals surface area contributed by atoms with E-state index < -0.39 is 23.9 Å². The number of aromatic nitrogens is 1. The van der Waals surface area contributed by atoms with Crippen LogP contribution in [-0.4, -0.2) is 11.3 Å². The van der Waals surface area contributed by atoms with Gasteiger partial charge in [-0.3, -0.25) is 0 Å². The van der Waals surface area contributed by atoms with Gasteiger partial charge in [-0.1, -0.05) is 0 Å². The molecule has 0 saturated carbocycles. The normalized spacial score (nSPS) is 11.6. The summed E-state index contributed by atoms with van der Waals surface area (Å²) in [4.78, 5) is 2.88. The van der Waals surface area contributed by atoms with Crippen molar-refractivity contribution >= 4 is 0 Å². The topological polar surface area (TPSA) is 22.1 Å². The van der Waals surface area contributed by atoms with E-state index >= 15 is 0 Å². The van der Waals surface area contributed by atoms with Gasteiger partial charge < -0.3 is 4.74 Å². The van der Waals surface area contributed by atoms with E-state index in [4.69, 9.17) is 0 Å². The molecule has 0 atom stereocenters. The predicted molar refractivity (Wildman–Crippen MR) is 35.6 cm³/mol. The van der Waals surface area contributed by atoms with Crippen LogP contribution < -0.4 is 4.74 Å². The Kier molecular flexibility index (Phi) is 2.59. The van der Waals surface area contributed by atoms with Gasteiger partial charge in [0.1, 0.15) is 0 Å². The van der Waals surface area contributed by atoms with Gasteiger partial charge in [0.05, 0.1) is 0 Å². The van der Waals surface area contributed by atoms with Crippen molar-refractivity contribution in [3.63, 3.8) is 0 Å². The Balaban J connectivity index is 3.13. The lowest BCUT2D eigenvalue weighted by molar-refractivity contribution is -0.276. The van der Waals surface area contributed by atoms with Crippen molar-refractivity contribution in [1.82, 2.24) is 4.98 Å². The number of hydrogen-bond donors (Lipinski definition) is 0. The molecule has 0 amide bonds. The maximum atomic E-state index is 12.7. The highest BCUT2D eigenvalue weighted by Gasteiger charge is 2.34. The van der Waals surface area contributed by atoms with Crippen LogP contribution in [0.25, 0.3) is 0 Å². The molecule has 0 aliphatic carbocycles. The fourth-order valence-corrected chi connectivity index (χ4v) is 0.777. The summed E-state index contributed by atoms with van der Waals surface area (Å²) in [6, 6.07) is 0.